The van der Waals surface area contributed by atoms with Crippen LogP contribution in [-0.2, 0) is 14.2 Å². The maximum Gasteiger partial charge on any atom is 0.408 e. The molecule has 6 heteroatoms. The maximum absolute atomic E-state index is 9.13. The number of para-hydroxylation sites is 1. The van der Waals surface area contributed by atoms with Crippen LogP contribution in [-0.4, -0.2) is 38.9 Å². The van der Waals surface area contributed by atoms with Gasteiger partial charge in [0.2, 0.25) is 5.39 Å². The number of benzene rings is 1. The van der Waals surface area contributed by atoms with E-state index >= 15 is 0 Å². The van der Waals surface area contributed by atoms with E-state index in [2.05, 4.69) is 4.98 Å². The number of morpholine rings is 1. The molecule has 1 aliphatic rings. The summed E-state index contributed by atoms with van der Waals surface area (Å²) in [5, 5.41) is 9.13. The Kier molecular flexibility index (Phi) is 5.30. The highest BCUT2D eigenvalue weighted by atomic mass is 16.7. The summed E-state index contributed by atoms with van der Waals surface area (Å²) in [6.45, 7) is 5.99. The molecule has 1 aliphatic heterocycles. The summed E-state index contributed by atoms with van der Waals surface area (Å²) < 4.78 is 16.8. The van der Waals surface area contributed by atoms with Crippen molar-refractivity contribution in [3.63, 3.8) is 0 Å². The minimum absolute atomic E-state index is 0.209. The average Bonchev–Trinajstić information content (AvgIpc) is 2.49. The molecular weight excluding hydrogens is 258 g/mol. The van der Waals surface area contributed by atoms with Gasteiger partial charge in [-0.1, -0.05) is 12.1 Å². The fourth-order valence-corrected chi connectivity index (χ4v) is 2.27. The molecule has 6 nitrogen and oxygen atoms in total. The molecule has 0 spiro atoms. The van der Waals surface area contributed by atoms with E-state index in [0.717, 1.165) is 5.69 Å². The monoisotopic (exact) mass is 278 g/mol. The van der Waals surface area contributed by atoms with Crippen LogP contribution in [0.4, 0.5) is 11.4 Å². The molecule has 0 aliphatic carbocycles. The SMILES string of the molecule is CCOC1CN(c2ccccc2[N+]#N)C(OCC)CO1. The van der Waals surface area contributed by atoms with Gasteiger partial charge in [-0.15, -0.1) is 0 Å². The minimum atomic E-state index is -0.302. The van der Waals surface area contributed by atoms with Gasteiger partial charge in [0.25, 0.3) is 0 Å². The van der Waals surface area contributed by atoms with Crippen molar-refractivity contribution in [3.05, 3.63) is 29.2 Å². The summed E-state index contributed by atoms with van der Waals surface area (Å²) in [7, 11) is 0. The van der Waals surface area contributed by atoms with Crippen LogP contribution < -0.4 is 4.90 Å². The summed E-state index contributed by atoms with van der Waals surface area (Å²) in [5.74, 6) is 0. The average molecular weight is 278 g/mol. The molecule has 2 atom stereocenters. The summed E-state index contributed by atoms with van der Waals surface area (Å²) >= 11 is 0. The highest BCUT2D eigenvalue weighted by molar-refractivity contribution is 5.70. The number of anilines is 1. The third kappa shape index (κ3) is 3.25. The molecule has 2 rings (SSSR count). The van der Waals surface area contributed by atoms with Crippen LogP contribution in [0.1, 0.15) is 13.8 Å². The zero-order valence-corrected chi connectivity index (χ0v) is 11.9. The Morgan fingerprint density at radius 3 is 2.75 bits per heavy atom. The Hall–Kier alpha value is -1.68. The fourth-order valence-electron chi connectivity index (χ4n) is 2.27. The standard InChI is InChI=1S/C14H20N3O3/c1-3-18-13-10-20-14(19-4-2)9-17(13)12-8-6-5-7-11(12)16-15/h5-8,13-14H,3-4,9-10H2,1-2H3/q+1. The third-order valence-electron chi connectivity index (χ3n) is 3.13. The van der Waals surface area contributed by atoms with Crippen LogP contribution >= 0.6 is 0 Å². The molecule has 1 aromatic carbocycles. The van der Waals surface area contributed by atoms with Crippen molar-refractivity contribution in [1.29, 1.82) is 5.39 Å². The van der Waals surface area contributed by atoms with Gasteiger partial charge < -0.3 is 19.1 Å². The topological polar surface area (TPSA) is 59.1 Å². The Labute approximate surface area is 118 Å². The second kappa shape index (κ2) is 7.20. The van der Waals surface area contributed by atoms with Crippen molar-refractivity contribution in [3.8, 4) is 0 Å². The van der Waals surface area contributed by atoms with E-state index in [1.54, 1.807) is 6.07 Å². The molecule has 0 aromatic heterocycles. The van der Waals surface area contributed by atoms with Crippen molar-refractivity contribution in [1.82, 2.24) is 0 Å². The number of hydrogen-bond acceptors (Lipinski definition) is 5. The molecule has 0 saturated carbocycles. The Morgan fingerprint density at radius 1 is 1.30 bits per heavy atom. The van der Waals surface area contributed by atoms with Gasteiger partial charge in [0, 0.05) is 19.3 Å². The van der Waals surface area contributed by atoms with Crippen molar-refractivity contribution in [2.24, 2.45) is 0 Å². The van der Waals surface area contributed by atoms with E-state index in [9.17, 15) is 0 Å². The van der Waals surface area contributed by atoms with Crippen LogP contribution in [0, 0.1) is 5.39 Å². The van der Waals surface area contributed by atoms with E-state index < -0.39 is 0 Å². The van der Waals surface area contributed by atoms with Crippen molar-refractivity contribution in [2.75, 3.05) is 31.3 Å². The zero-order valence-electron chi connectivity index (χ0n) is 11.9. The fraction of sp³-hybridized carbons (Fsp3) is 0.571. The highest BCUT2D eigenvalue weighted by Crippen LogP contribution is 2.32. The number of rotatable bonds is 5. The lowest BCUT2D eigenvalue weighted by Crippen LogP contribution is -2.52. The number of nitrogens with zero attached hydrogens (tertiary/aromatic N) is 3. The third-order valence-corrected chi connectivity index (χ3v) is 3.13. The van der Waals surface area contributed by atoms with Gasteiger partial charge in [0.05, 0.1) is 13.2 Å². The van der Waals surface area contributed by atoms with Crippen LogP contribution in [0.5, 0.6) is 0 Å². The second-order valence-corrected chi connectivity index (χ2v) is 4.37. The Balaban J connectivity index is 2.24. The summed E-state index contributed by atoms with van der Waals surface area (Å²) in [5.41, 5.74) is 1.32. The lowest BCUT2D eigenvalue weighted by atomic mass is 10.2. The summed E-state index contributed by atoms with van der Waals surface area (Å²) in [4.78, 5) is 5.35. The largest absolute Gasteiger partial charge is 0.408 e. The summed E-state index contributed by atoms with van der Waals surface area (Å²) in [6.07, 6.45) is -0.511. The van der Waals surface area contributed by atoms with E-state index in [0.29, 0.717) is 32.1 Å². The first-order valence-electron chi connectivity index (χ1n) is 6.85. The predicted octanol–water partition coefficient (Wildman–Crippen LogP) is 2.73. The van der Waals surface area contributed by atoms with Gasteiger partial charge in [0.15, 0.2) is 17.5 Å². The summed E-state index contributed by atoms with van der Waals surface area (Å²) in [6, 6.07) is 7.38. The molecular formula is C14H20N3O3+. The quantitative estimate of drug-likeness (QED) is 0.775. The Morgan fingerprint density at radius 2 is 2.05 bits per heavy atom. The molecule has 108 valence electrons. The van der Waals surface area contributed by atoms with Gasteiger partial charge >= 0.3 is 5.69 Å². The first-order chi connectivity index (χ1) is 9.80. The lowest BCUT2D eigenvalue weighted by molar-refractivity contribution is -0.179. The molecule has 0 radical (unpaired) electrons. The zero-order chi connectivity index (χ0) is 14.4. The first kappa shape index (κ1) is 14.7. The van der Waals surface area contributed by atoms with Gasteiger partial charge in [0.1, 0.15) is 5.69 Å². The molecule has 0 amide bonds. The molecule has 1 aromatic rings. The van der Waals surface area contributed by atoms with E-state index in [4.69, 9.17) is 19.6 Å². The van der Waals surface area contributed by atoms with Crippen molar-refractivity contribution >= 4 is 11.4 Å². The number of diazo groups is 1. The molecule has 20 heavy (non-hydrogen) atoms. The highest BCUT2D eigenvalue weighted by Gasteiger charge is 2.33. The first-order valence-corrected chi connectivity index (χ1v) is 6.85. The smallest absolute Gasteiger partial charge is 0.356 e. The van der Waals surface area contributed by atoms with Crippen LogP contribution in [0.25, 0.3) is 4.98 Å². The second-order valence-electron chi connectivity index (χ2n) is 4.37. The van der Waals surface area contributed by atoms with Crippen LogP contribution in [0.2, 0.25) is 0 Å². The van der Waals surface area contributed by atoms with Gasteiger partial charge in [-0.05, 0) is 19.9 Å². The molecule has 1 heterocycles. The van der Waals surface area contributed by atoms with E-state index in [1.807, 2.05) is 36.9 Å². The molecule has 1 saturated heterocycles. The molecule has 0 N–H and O–H groups in total. The van der Waals surface area contributed by atoms with Crippen molar-refractivity contribution in [2.45, 2.75) is 26.4 Å². The minimum Gasteiger partial charge on any atom is -0.356 e. The normalized spacial score (nSPS) is 22.6. The Bertz CT molecular complexity index is 475. The number of hydrogen-bond donors (Lipinski definition) is 0. The van der Waals surface area contributed by atoms with Crippen LogP contribution in [0.3, 0.4) is 0 Å². The van der Waals surface area contributed by atoms with Gasteiger partial charge in [-0.25, -0.2) is 0 Å². The van der Waals surface area contributed by atoms with E-state index in [-0.39, 0.29) is 12.5 Å². The maximum atomic E-state index is 9.13. The van der Waals surface area contributed by atoms with Crippen molar-refractivity contribution < 1.29 is 14.2 Å². The van der Waals surface area contributed by atoms with Gasteiger partial charge in [-0.2, -0.15) is 0 Å². The predicted molar refractivity (Wildman–Crippen MR) is 75.3 cm³/mol. The molecule has 2 unspecified atom stereocenters. The van der Waals surface area contributed by atoms with Crippen LogP contribution in [0.15, 0.2) is 24.3 Å². The molecule has 0 bridgehead atoms. The van der Waals surface area contributed by atoms with Gasteiger partial charge in [-0.3, -0.25) is 0 Å². The number of ether oxygens (including phenoxy) is 3. The molecule has 1 fully saturated rings. The lowest BCUT2D eigenvalue weighted by Gasteiger charge is -2.39. The van der Waals surface area contributed by atoms with E-state index in [1.165, 1.54) is 0 Å².